The van der Waals surface area contributed by atoms with Crippen LogP contribution in [-0.4, -0.2) is 28.6 Å². The Morgan fingerprint density at radius 1 is 1.59 bits per heavy atom. The molecule has 1 amide bonds. The number of hydrogen-bond acceptors (Lipinski definition) is 4. The molecule has 0 saturated heterocycles. The van der Waals surface area contributed by atoms with Gasteiger partial charge in [-0.15, -0.1) is 11.8 Å². The lowest BCUT2D eigenvalue weighted by molar-refractivity contribution is -0.113. The first-order chi connectivity index (χ1) is 8.02. The Kier molecular flexibility index (Phi) is 5.31. The van der Waals surface area contributed by atoms with Crippen LogP contribution < -0.4 is 11.1 Å². The van der Waals surface area contributed by atoms with Gasteiger partial charge in [0, 0.05) is 5.25 Å². The van der Waals surface area contributed by atoms with Gasteiger partial charge in [0.2, 0.25) is 5.91 Å². The number of aliphatic hydroxyl groups is 1. The molecular formula is C12H18N2O2S. The van der Waals surface area contributed by atoms with E-state index in [4.69, 9.17) is 10.8 Å². The standard InChI is InChI=1S/C12H18N2O2S/c1-8-3-4-11(10(13)5-8)14-12(16)7-17-9(2)6-15/h3-5,9,15H,6-7,13H2,1-2H3,(H,14,16). The smallest absolute Gasteiger partial charge is 0.234 e. The quantitative estimate of drug-likeness (QED) is 0.698. The third kappa shape index (κ3) is 4.66. The topological polar surface area (TPSA) is 75.3 Å². The normalized spacial score (nSPS) is 12.2. The Labute approximate surface area is 106 Å². The number of carbonyl (C=O) groups is 1. The van der Waals surface area contributed by atoms with Crippen LogP contribution in [0.3, 0.4) is 0 Å². The molecule has 0 aliphatic carbocycles. The van der Waals surface area contributed by atoms with Crippen molar-refractivity contribution in [1.82, 2.24) is 0 Å². The Hall–Kier alpha value is -1.20. The lowest BCUT2D eigenvalue weighted by Gasteiger charge is -2.10. The minimum absolute atomic E-state index is 0.0658. The fraction of sp³-hybridized carbons (Fsp3) is 0.417. The average molecular weight is 254 g/mol. The Morgan fingerprint density at radius 2 is 2.29 bits per heavy atom. The third-order valence-electron chi connectivity index (χ3n) is 2.24. The van der Waals surface area contributed by atoms with Crippen LogP contribution in [0, 0.1) is 6.92 Å². The van der Waals surface area contributed by atoms with Crippen molar-refractivity contribution in [2.24, 2.45) is 0 Å². The molecule has 1 aromatic carbocycles. The van der Waals surface area contributed by atoms with Gasteiger partial charge in [-0.1, -0.05) is 13.0 Å². The number of rotatable bonds is 5. The van der Waals surface area contributed by atoms with Gasteiger partial charge in [0.15, 0.2) is 0 Å². The molecule has 4 nitrogen and oxygen atoms in total. The average Bonchev–Trinajstić information content (AvgIpc) is 2.29. The van der Waals surface area contributed by atoms with Gasteiger partial charge < -0.3 is 16.2 Å². The summed E-state index contributed by atoms with van der Waals surface area (Å²) < 4.78 is 0. The summed E-state index contributed by atoms with van der Waals surface area (Å²) >= 11 is 1.41. The highest BCUT2D eigenvalue weighted by Gasteiger charge is 2.08. The van der Waals surface area contributed by atoms with E-state index in [1.165, 1.54) is 11.8 Å². The summed E-state index contributed by atoms with van der Waals surface area (Å²) in [7, 11) is 0. The Morgan fingerprint density at radius 3 is 2.88 bits per heavy atom. The molecule has 1 aromatic rings. The molecule has 1 rings (SSSR count). The second-order valence-corrected chi connectivity index (χ2v) is 5.37. The SMILES string of the molecule is Cc1ccc(NC(=O)CSC(C)CO)c(N)c1. The Bertz CT molecular complexity index is 396. The van der Waals surface area contributed by atoms with Crippen LogP contribution in [0.15, 0.2) is 18.2 Å². The van der Waals surface area contributed by atoms with Crippen molar-refractivity contribution in [2.45, 2.75) is 19.1 Å². The van der Waals surface area contributed by atoms with Gasteiger partial charge in [-0.2, -0.15) is 0 Å². The highest BCUT2D eigenvalue weighted by molar-refractivity contribution is 8.00. The number of carbonyl (C=O) groups excluding carboxylic acids is 1. The van der Waals surface area contributed by atoms with Gasteiger partial charge in [0.05, 0.1) is 23.7 Å². The lowest BCUT2D eigenvalue weighted by atomic mass is 10.2. The van der Waals surface area contributed by atoms with E-state index in [2.05, 4.69) is 5.32 Å². The van der Waals surface area contributed by atoms with Crippen molar-refractivity contribution in [3.05, 3.63) is 23.8 Å². The van der Waals surface area contributed by atoms with Crippen LogP contribution in [0.4, 0.5) is 11.4 Å². The van der Waals surface area contributed by atoms with Gasteiger partial charge in [-0.05, 0) is 24.6 Å². The molecule has 0 saturated carbocycles. The summed E-state index contributed by atoms with van der Waals surface area (Å²) in [6.07, 6.45) is 0. The molecule has 1 atom stereocenters. The fourth-order valence-corrected chi connectivity index (χ4v) is 1.87. The molecule has 0 heterocycles. The summed E-state index contributed by atoms with van der Waals surface area (Å²) in [6, 6.07) is 5.51. The second-order valence-electron chi connectivity index (χ2n) is 3.94. The van der Waals surface area contributed by atoms with E-state index in [0.717, 1.165) is 5.56 Å². The van der Waals surface area contributed by atoms with E-state index in [1.807, 2.05) is 26.0 Å². The van der Waals surface area contributed by atoms with Crippen LogP contribution in [0.2, 0.25) is 0 Å². The maximum absolute atomic E-state index is 11.6. The number of nitrogen functional groups attached to an aromatic ring is 1. The highest BCUT2D eigenvalue weighted by Crippen LogP contribution is 2.20. The van der Waals surface area contributed by atoms with Crippen molar-refractivity contribution in [3.63, 3.8) is 0 Å². The summed E-state index contributed by atoms with van der Waals surface area (Å²) in [6.45, 7) is 3.89. The number of aryl methyl sites for hydroxylation is 1. The number of aliphatic hydroxyl groups excluding tert-OH is 1. The number of amides is 1. The van der Waals surface area contributed by atoms with E-state index < -0.39 is 0 Å². The molecule has 0 aliphatic rings. The van der Waals surface area contributed by atoms with Crippen molar-refractivity contribution < 1.29 is 9.90 Å². The minimum atomic E-state index is -0.106. The summed E-state index contributed by atoms with van der Waals surface area (Å²) in [5, 5.41) is 11.7. The lowest BCUT2D eigenvalue weighted by Crippen LogP contribution is -2.17. The second kappa shape index (κ2) is 6.51. The number of anilines is 2. The van der Waals surface area contributed by atoms with Gasteiger partial charge >= 0.3 is 0 Å². The highest BCUT2D eigenvalue weighted by atomic mass is 32.2. The molecule has 0 aromatic heterocycles. The summed E-state index contributed by atoms with van der Waals surface area (Å²) in [5.41, 5.74) is 8.05. The molecular weight excluding hydrogens is 236 g/mol. The van der Waals surface area contributed by atoms with Crippen LogP contribution in [0.25, 0.3) is 0 Å². The first-order valence-corrected chi connectivity index (χ1v) is 6.46. The first-order valence-electron chi connectivity index (χ1n) is 5.41. The van der Waals surface area contributed by atoms with Crippen molar-refractivity contribution in [1.29, 1.82) is 0 Å². The molecule has 17 heavy (non-hydrogen) atoms. The predicted molar refractivity (Wildman–Crippen MR) is 73.2 cm³/mol. The zero-order valence-corrected chi connectivity index (χ0v) is 10.9. The molecule has 0 aliphatic heterocycles. The number of nitrogens with two attached hydrogens (primary N) is 1. The molecule has 0 spiro atoms. The molecule has 0 bridgehead atoms. The maximum atomic E-state index is 11.6. The fourth-order valence-electron chi connectivity index (χ4n) is 1.25. The van der Waals surface area contributed by atoms with E-state index in [0.29, 0.717) is 17.1 Å². The molecule has 0 fully saturated rings. The van der Waals surface area contributed by atoms with E-state index in [1.54, 1.807) is 6.07 Å². The summed E-state index contributed by atoms with van der Waals surface area (Å²) in [4.78, 5) is 11.6. The van der Waals surface area contributed by atoms with E-state index in [-0.39, 0.29) is 17.8 Å². The van der Waals surface area contributed by atoms with Crippen LogP contribution in [0.1, 0.15) is 12.5 Å². The van der Waals surface area contributed by atoms with E-state index in [9.17, 15) is 4.79 Å². The Balaban J connectivity index is 2.50. The molecule has 1 unspecified atom stereocenters. The van der Waals surface area contributed by atoms with Crippen molar-refractivity contribution in [3.8, 4) is 0 Å². The van der Waals surface area contributed by atoms with E-state index >= 15 is 0 Å². The zero-order valence-electron chi connectivity index (χ0n) is 10.1. The molecule has 0 radical (unpaired) electrons. The molecule has 4 N–H and O–H groups in total. The van der Waals surface area contributed by atoms with Crippen LogP contribution in [-0.2, 0) is 4.79 Å². The number of nitrogens with one attached hydrogen (secondary N) is 1. The predicted octanol–water partition coefficient (Wildman–Crippen LogP) is 1.63. The number of thioether (sulfide) groups is 1. The largest absolute Gasteiger partial charge is 0.397 e. The molecule has 5 heteroatoms. The van der Waals surface area contributed by atoms with Crippen LogP contribution in [0.5, 0.6) is 0 Å². The number of hydrogen-bond donors (Lipinski definition) is 3. The van der Waals surface area contributed by atoms with Gasteiger partial charge in [0.1, 0.15) is 0 Å². The first kappa shape index (κ1) is 13.9. The molecule has 94 valence electrons. The maximum Gasteiger partial charge on any atom is 0.234 e. The van der Waals surface area contributed by atoms with Gasteiger partial charge in [0.25, 0.3) is 0 Å². The van der Waals surface area contributed by atoms with Gasteiger partial charge in [-0.25, -0.2) is 0 Å². The zero-order chi connectivity index (χ0) is 12.8. The van der Waals surface area contributed by atoms with Crippen molar-refractivity contribution >= 4 is 29.0 Å². The summed E-state index contributed by atoms with van der Waals surface area (Å²) in [5.74, 6) is 0.209. The number of benzene rings is 1. The van der Waals surface area contributed by atoms with Crippen LogP contribution >= 0.6 is 11.8 Å². The van der Waals surface area contributed by atoms with Gasteiger partial charge in [-0.3, -0.25) is 4.79 Å². The minimum Gasteiger partial charge on any atom is -0.397 e. The van der Waals surface area contributed by atoms with Crippen molar-refractivity contribution in [2.75, 3.05) is 23.4 Å². The third-order valence-corrected chi connectivity index (χ3v) is 3.38. The monoisotopic (exact) mass is 254 g/mol.